The van der Waals surface area contributed by atoms with Crippen molar-refractivity contribution in [1.29, 1.82) is 0 Å². The molecule has 0 aromatic heterocycles. The summed E-state index contributed by atoms with van der Waals surface area (Å²) in [5, 5.41) is 2.46. The Morgan fingerprint density at radius 2 is 1.63 bits per heavy atom. The third-order valence-corrected chi connectivity index (χ3v) is 8.57. The van der Waals surface area contributed by atoms with Gasteiger partial charge in [-0.15, -0.1) is 0 Å². The van der Waals surface area contributed by atoms with E-state index in [1.807, 2.05) is 0 Å². The molecule has 0 bridgehead atoms. The number of ether oxygens (including phenoxy) is 1. The number of alkyl halides is 3. The van der Waals surface area contributed by atoms with E-state index < -0.39 is 51.9 Å². The molecule has 3 aromatic carbocycles. The summed E-state index contributed by atoms with van der Waals surface area (Å²) in [7, 11) is -3.11. The van der Waals surface area contributed by atoms with Crippen LogP contribution in [0.25, 0.3) is 0 Å². The van der Waals surface area contributed by atoms with Crippen molar-refractivity contribution in [2.45, 2.75) is 56.9 Å². The van der Waals surface area contributed by atoms with E-state index in [-0.39, 0.29) is 28.9 Å². The van der Waals surface area contributed by atoms with Gasteiger partial charge in [0, 0.05) is 12.6 Å². The van der Waals surface area contributed by atoms with Crippen molar-refractivity contribution < 1.29 is 35.9 Å². The molecule has 0 saturated carbocycles. The lowest BCUT2D eigenvalue weighted by atomic mass is 10.1. The van der Waals surface area contributed by atoms with Crippen LogP contribution in [-0.4, -0.2) is 50.9 Å². The van der Waals surface area contributed by atoms with Crippen molar-refractivity contribution in [2.75, 3.05) is 18.0 Å². The fraction of sp³-hybridized carbons (Fsp3) is 0.333. The summed E-state index contributed by atoms with van der Waals surface area (Å²) in [4.78, 5) is 28.2. The Balaban J connectivity index is 2.15. The topological polar surface area (TPSA) is 96.0 Å². The van der Waals surface area contributed by atoms with Crippen molar-refractivity contribution in [2.24, 2.45) is 0 Å². The number of amides is 2. The minimum Gasteiger partial charge on any atom is -0.497 e. The van der Waals surface area contributed by atoms with Gasteiger partial charge in [-0.25, -0.2) is 8.42 Å². The van der Waals surface area contributed by atoms with E-state index in [1.165, 1.54) is 36.3 Å². The molecule has 0 unspecified atom stereocenters. The third-order valence-electron chi connectivity index (χ3n) is 6.48. The quantitative estimate of drug-likeness (QED) is 0.267. The summed E-state index contributed by atoms with van der Waals surface area (Å²) < 4.78 is 74.5. The minimum atomic E-state index is -4.81. The van der Waals surface area contributed by atoms with Gasteiger partial charge in [0.05, 0.1) is 28.3 Å². The van der Waals surface area contributed by atoms with Crippen LogP contribution in [0.1, 0.15) is 38.3 Å². The zero-order chi connectivity index (χ0) is 31.9. The van der Waals surface area contributed by atoms with Gasteiger partial charge >= 0.3 is 6.18 Å². The number of carbonyl (C=O) groups is 2. The average molecular weight is 640 g/mol. The van der Waals surface area contributed by atoms with Crippen LogP contribution in [0.15, 0.2) is 77.7 Å². The minimum absolute atomic E-state index is 0.0948. The molecule has 0 radical (unpaired) electrons. The van der Waals surface area contributed by atoms with E-state index in [0.29, 0.717) is 21.7 Å². The third kappa shape index (κ3) is 8.41. The molecule has 0 fully saturated rings. The number of hydrogen-bond acceptors (Lipinski definition) is 5. The number of hydrogen-bond donors (Lipinski definition) is 1. The second kappa shape index (κ2) is 14.1. The SMILES string of the molecule is CC[C@@H](C(=O)NC(C)C)N(Cc1ccc(OC)cc1)C(=O)CN(c1cc(C(F)(F)F)ccc1Cl)S(=O)(=O)c1ccccc1. The Morgan fingerprint density at radius 3 is 2.16 bits per heavy atom. The van der Waals surface area contributed by atoms with E-state index in [9.17, 15) is 31.2 Å². The lowest BCUT2D eigenvalue weighted by Crippen LogP contribution is -2.53. The molecule has 3 aromatic rings. The van der Waals surface area contributed by atoms with E-state index in [0.717, 1.165) is 12.1 Å². The second-order valence-corrected chi connectivity index (χ2v) is 12.2. The maximum absolute atomic E-state index is 14.1. The Bertz CT molecular complexity index is 1520. The number of nitrogens with one attached hydrogen (secondary N) is 1. The zero-order valence-corrected chi connectivity index (χ0v) is 25.6. The molecule has 0 heterocycles. The van der Waals surface area contributed by atoms with Crippen LogP contribution < -0.4 is 14.4 Å². The molecule has 0 aliphatic carbocycles. The largest absolute Gasteiger partial charge is 0.497 e. The lowest BCUT2D eigenvalue weighted by Gasteiger charge is -2.34. The predicted octanol–water partition coefficient (Wildman–Crippen LogP) is 5.89. The van der Waals surface area contributed by atoms with Crippen LogP contribution in [0.5, 0.6) is 5.75 Å². The number of carbonyl (C=O) groups excluding carboxylic acids is 2. The molecule has 0 aliphatic heterocycles. The van der Waals surface area contributed by atoms with Crippen LogP contribution in [-0.2, 0) is 32.3 Å². The van der Waals surface area contributed by atoms with Crippen molar-refractivity contribution in [3.63, 3.8) is 0 Å². The maximum Gasteiger partial charge on any atom is 0.416 e. The van der Waals surface area contributed by atoms with Gasteiger partial charge < -0.3 is 15.0 Å². The van der Waals surface area contributed by atoms with E-state index in [4.69, 9.17) is 16.3 Å². The number of rotatable bonds is 12. The summed E-state index contributed by atoms with van der Waals surface area (Å²) in [6.45, 7) is 4.18. The summed E-state index contributed by atoms with van der Waals surface area (Å²) in [5.74, 6) is -0.728. The monoisotopic (exact) mass is 639 g/mol. The molecule has 0 aliphatic rings. The molecule has 1 atom stereocenters. The number of halogens is 4. The first kappa shape index (κ1) is 33.7. The van der Waals surface area contributed by atoms with Crippen molar-refractivity contribution >= 4 is 39.1 Å². The molecule has 13 heteroatoms. The second-order valence-electron chi connectivity index (χ2n) is 9.95. The van der Waals surface area contributed by atoms with Crippen LogP contribution in [0.3, 0.4) is 0 Å². The lowest BCUT2D eigenvalue weighted by molar-refractivity contribution is -0.140. The molecule has 1 N–H and O–H groups in total. The van der Waals surface area contributed by atoms with Crippen molar-refractivity contribution in [3.8, 4) is 5.75 Å². The summed E-state index contributed by atoms with van der Waals surface area (Å²) in [6.07, 6.45) is -4.63. The molecular weight excluding hydrogens is 607 g/mol. The molecule has 3 rings (SSSR count). The first-order valence-electron chi connectivity index (χ1n) is 13.4. The molecular formula is C30H33ClF3N3O5S. The summed E-state index contributed by atoms with van der Waals surface area (Å²) >= 11 is 6.28. The van der Waals surface area contributed by atoms with Crippen LogP contribution in [0.4, 0.5) is 18.9 Å². The summed E-state index contributed by atoms with van der Waals surface area (Å²) in [5.41, 5.74) is -1.07. The van der Waals surface area contributed by atoms with Crippen molar-refractivity contribution in [1.82, 2.24) is 10.2 Å². The van der Waals surface area contributed by atoms with Gasteiger partial charge in [0.2, 0.25) is 11.8 Å². The molecule has 0 spiro atoms. The highest BCUT2D eigenvalue weighted by Gasteiger charge is 2.37. The van der Waals surface area contributed by atoms with Crippen LogP contribution in [0, 0.1) is 0 Å². The fourth-order valence-corrected chi connectivity index (χ4v) is 6.06. The zero-order valence-electron chi connectivity index (χ0n) is 24.1. The van der Waals surface area contributed by atoms with Gasteiger partial charge in [-0.05, 0) is 68.3 Å². The Hall–Kier alpha value is -3.77. The predicted molar refractivity (Wildman–Crippen MR) is 158 cm³/mol. The Labute approximate surface area is 254 Å². The smallest absolute Gasteiger partial charge is 0.416 e. The van der Waals surface area contributed by atoms with Crippen LogP contribution >= 0.6 is 11.6 Å². The normalized spacial score (nSPS) is 12.5. The number of sulfonamides is 1. The van der Waals surface area contributed by atoms with E-state index in [2.05, 4.69) is 5.32 Å². The van der Waals surface area contributed by atoms with Gasteiger partial charge in [-0.3, -0.25) is 13.9 Å². The van der Waals surface area contributed by atoms with E-state index in [1.54, 1.807) is 51.1 Å². The first-order valence-corrected chi connectivity index (χ1v) is 15.2. The highest BCUT2D eigenvalue weighted by Crippen LogP contribution is 2.37. The highest BCUT2D eigenvalue weighted by molar-refractivity contribution is 7.92. The van der Waals surface area contributed by atoms with E-state index >= 15 is 0 Å². The van der Waals surface area contributed by atoms with Gasteiger partial charge in [0.1, 0.15) is 18.3 Å². The highest BCUT2D eigenvalue weighted by atomic mass is 35.5. The average Bonchev–Trinajstić information content (AvgIpc) is 2.95. The first-order chi connectivity index (χ1) is 20.2. The molecule has 232 valence electrons. The maximum atomic E-state index is 14.1. The Kier molecular flexibility index (Phi) is 11.1. The number of nitrogens with zero attached hydrogens (tertiary/aromatic N) is 2. The van der Waals surface area contributed by atoms with Gasteiger partial charge in [-0.1, -0.05) is 48.9 Å². The van der Waals surface area contributed by atoms with Gasteiger partial charge in [0.15, 0.2) is 0 Å². The number of benzene rings is 3. The standard InChI is InChI=1S/C30H33ClF3N3O5S/c1-5-26(29(39)35-20(2)3)36(18-21-11-14-23(42-4)15-12-21)28(38)19-37(43(40,41)24-9-7-6-8-10-24)27-17-22(30(32,33)34)13-16-25(27)31/h6-17,20,26H,5,18-19H2,1-4H3,(H,35,39)/t26-/m0/s1. The van der Waals surface area contributed by atoms with Crippen LogP contribution in [0.2, 0.25) is 5.02 Å². The Morgan fingerprint density at radius 1 is 1.00 bits per heavy atom. The van der Waals surface area contributed by atoms with Gasteiger partial charge in [0.25, 0.3) is 10.0 Å². The fourth-order valence-electron chi connectivity index (χ4n) is 4.34. The molecule has 2 amide bonds. The van der Waals surface area contributed by atoms with Gasteiger partial charge in [-0.2, -0.15) is 13.2 Å². The molecule has 8 nitrogen and oxygen atoms in total. The molecule has 0 saturated heterocycles. The van der Waals surface area contributed by atoms with Crippen molar-refractivity contribution in [3.05, 3.63) is 88.9 Å². The number of anilines is 1. The summed E-state index contributed by atoms with van der Waals surface area (Å²) in [6, 6.07) is 14.7. The number of methoxy groups -OCH3 is 1. The molecule has 43 heavy (non-hydrogen) atoms.